The summed E-state index contributed by atoms with van der Waals surface area (Å²) in [6, 6.07) is 43.6. The van der Waals surface area contributed by atoms with Crippen LogP contribution in [-0.2, 0) is 0 Å². The Morgan fingerprint density at radius 3 is 1.19 bits per heavy atom. The van der Waals surface area contributed by atoms with E-state index in [1.165, 1.54) is 42.3 Å². The van der Waals surface area contributed by atoms with E-state index in [0.29, 0.717) is 29.9 Å². The Kier molecular flexibility index (Phi) is 7.99. The third-order valence-electron chi connectivity index (χ3n) is 5.31. The van der Waals surface area contributed by atoms with Crippen molar-refractivity contribution in [3.8, 4) is 0 Å². The number of rotatable bonds is 7. The molecule has 0 amide bonds. The van der Waals surface area contributed by atoms with E-state index in [1.54, 1.807) is 0 Å². The standard InChI is InChI=1S/C30H26Se2/c1-31-29(26-21-13-6-14-22-26)30(32-2)28(25-19-11-5-12-20-25)27(23-15-7-3-8-16-23)24-17-9-4-10-18-24/h3-22H,1-2H3/b30-29-. The molecule has 0 atom stereocenters. The molecule has 158 valence electrons. The van der Waals surface area contributed by atoms with Crippen LogP contribution in [0.15, 0.2) is 126 Å². The van der Waals surface area contributed by atoms with E-state index in [2.05, 4.69) is 133 Å². The second-order valence-corrected chi connectivity index (χ2v) is 10.7. The molecule has 4 aromatic carbocycles. The monoisotopic (exact) mass is 546 g/mol. The Morgan fingerprint density at radius 2 is 0.812 bits per heavy atom. The van der Waals surface area contributed by atoms with Gasteiger partial charge >= 0.3 is 205 Å². The third-order valence-corrected chi connectivity index (χ3v) is 9.46. The molecule has 0 aliphatic rings. The van der Waals surface area contributed by atoms with E-state index in [1.807, 2.05) is 0 Å². The zero-order valence-electron chi connectivity index (χ0n) is 18.4. The fourth-order valence-electron chi connectivity index (χ4n) is 3.90. The number of allylic oxidation sites excluding steroid dienone is 2. The zero-order chi connectivity index (χ0) is 22.2. The fourth-order valence-corrected chi connectivity index (χ4v) is 8.62. The molecule has 0 fully saturated rings. The van der Waals surface area contributed by atoms with Crippen LogP contribution in [-0.4, -0.2) is 29.9 Å². The van der Waals surface area contributed by atoms with Gasteiger partial charge in [0.25, 0.3) is 0 Å². The van der Waals surface area contributed by atoms with Gasteiger partial charge in [-0.1, -0.05) is 0 Å². The first kappa shape index (κ1) is 22.6. The van der Waals surface area contributed by atoms with Crippen molar-refractivity contribution in [2.75, 3.05) is 0 Å². The molecule has 0 bridgehead atoms. The van der Waals surface area contributed by atoms with Crippen molar-refractivity contribution in [3.63, 3.8) is 0 Å². The van der Waals surface area contributed by atoms with Crippen LogP contribution >= 0.6 is 0 Å². The second-order valence-electron chi connectivity index (χ2n) is 7.28. The van der Waals surface area contributed by atoms with Crippen molar-refractivity contribution < 1.29 is 0 Å². The van der Waals surface area contributed by atoms with Crippen molar-refractivity contribution in [1.29, 1.82) is 0 Å². The van der Waals surface area contributed by atoms with Crippen LogP contribution in [0.5, 0.6) is 0 Å². The molecule has 0 saturated carbocycles. The molecule has 2 heteroatoms. The molecule has 0 spiro atoms. The van der Waals surface area contributed by atoms with Crippen LogP contribution < -0.4 is 0 Å². The topological polar surface area (TPSA) is 0 Å². The van der Waals surface area contributed by atoms with Crippen LogP contribution in [0.4, 0.5) is 0 Å². The van der Waals surface area contributed by atoms with E-state index >= 15 is 0 Å². The van der Waals surface area contributed by atoms with Crippen LogP contribution in [0.1, 0.15) is 22.3 Å². The number of hydrogen-bond donors (Lipinski definition) is 0. The van der Waals surface area contributed by atoms with E-state index in [0.717, 1.165) is 0 Å². The summed E-state index contributed by atoms with van der Waals surface area (Å²) in [6.45, 7) is 0. The Hall–Kier alpha value is -2.60. The minimum atomic E-state index is 0.322. The van der Waals surface area contributed by atoms with Gasteiger partial charge in [0.15, 0.2) is 0 Å². The third kappa shape index (κ3) is 5.07. The van der Waals surface area contributed by atoms with Crippen molar-refractivity contribution >= 4 is 45.5 Å². The second kappa shape index (κ2) is 11.3. The van der Waals surface area contributed by atoms with Gasteiger partial charge in [-0.05, 0) is 0 Å². The molecule has 0 nitrogen and oxygen atoms in total. The maximum absolute atomic E-state index is 2.35. The zero-order valence-corrected chi connectivity index (χ0v) is 21.8. The molecule has 0 aromatic heterocycles. The van der Waals surface area contributed by atoms with Gasteiger partial charge in [-0.2, -0.15) is 0 Å². The molecule has 0 aliphatic carbocycles. The van der Waals surface area contributed by atoms with E-state index in [9.17, 15) is 0 Å². The van der Waals surface area contributed by atoms with Crippen molar-refractivity contribution in [2.45, 2.75) is 11.6 Å². The first-order valence-corrected chi connectivity index (χ1v) is 15.8. The van der Waals surface area contributed by atoms with E-state index in [4.69, 9.17) is 0 Å². The summed E-state index contributed by atoms with van der Waals surface area (Å²) in [7, 11) is 0. The van der Waals surface area contributed by atoms with Gasteiger partial charge in [-0.15, -0.1) is 0 Å². The summed E-state index contributed by atoms with van der Waals surface area (Å²) < 4.78 is 3.00. The van der Waals surface area contributed by atoms with Gasteiger partial charge in [0, 0.05) is 0 Å². The molecule has 0 unspecified atom stereocenters. The molecular weight excluding hydrogens is 518 g/mol. The SMILES string of the molecule is C[Se]/C(C(=C(c1ccccc1)c1ccccc1)c1ccccc1)=C(\[Se]C)c1ccccc1. The molecule has 0 heterocycles. The summed E-state index contributed by atoms with van der Waals surface area (Å²) >= 11 is 0.690. The Morgan fingerprint density at radius 1 is 0.438 bits per heavy atom. The number of benzene rings is 4. The maximum atomic E-state index is 2.35. The first-order chi connectivity index (χ1) is 15.8. The molecule has 0 N–H and O–H groups in total. The predicted molar refractivity (Wildman–Crippen MR) is 142 cm³/mol. The Labute approximate surface area is 204 Å². The van der Waals surface area contributed by atoms with Gasteiger partial charge in [0.05, 0.1) is 0 Å². The summed E-state index contributed by atoms with van der Waals surface area (Å²) in [6.07, 6.45) is 0. The Balaban J connectivity index is 2.14. The van der Waals surface area contributed by atoms with E-state index in [-0.39, 0.29) is 0 Å². The summed E-state index contributed by atoms with van der Waals surface area (Å²) in [5.41, 5.74) is 7.83. The fraction of sp³-hybridized carbons (Fsp3) is 0.0667. The van der Waals surface area contributed by atoms with Gasteiger partial charge in [-0.3, -0.25) is 0 Å². The van der Waals surface area contributed by atoms with Gasteiger partial charge in [0.1, 0.15) is 0 Å². The normalized spacial score (nSPS) is 11.6. The molecular formula is C30H26Se2. The Bertz CT molecular complexity index is 1150. The summed E-state index contributed by atoms with van der Waals surface area (Å²) in [5.74, 6) is 4.70. The van der Waals surface area contributed by atoms with Crippen LogP contribution in [0.3, 0.4) is 0 Å². The van der Waals surface area contributed by atoms with Crippen molar-refractivity contribution in [3.05, 3.63) is 148 Å². The van der Waals surface area contributed by atoms with Crippen molar-refractivity contribution in [2.24, 2.45) is 0 Å². The average molecular weight is 544 g/mol. The van der Waals surface area contributed by atoms with Gasteiger partial charge < -0.3 is 0 Å². The summed E-state index contributed by atoms with van der Waals surface area (Å²) in [5, 5.41) is 0. The van der Waals surface area contributed by atoms with Gasteiger partial charge in [-0.25, -0.2) is 0 Å². The minimum absolute atomic E-state index is 0.322. The van der Waals surface area contributed by atoms with Gasteiger partial charge in [0.2, 0.25) is 0 Å². The van der Waals surface area contributed by atoms with Crippen LogP contribution in [0.25, 0.3) is 15.6 Å². The average Bonchev–Trinajstić information content (AvgIpc) is 2.88. The molecule has 0 aliphatic heterocycles. The molecule has 32 heavy (non-hydrogen) atoms. The molecule has 4 rings (SSSR count). The number of hydrogen-bond acceptors (Lipinski definition) is 0. The van der Waals surface area contributed by atoms with E-state index < -0.39 is 0 Å². The molecule has 0 radical (unpaired) electrons. The van der Waals surface area contributed by atoms with Crippen LogP contribution in [0, 0.1) is 0 Å². The predicted octanol–water partition coefficient (Wildman–Crippen LogP) is 7.52. The first-order valence-electron chi connectivity index (χ1n) is 10.6. The quantitative estimate of drug-likeness (QED) is 0.128. The van der Waals surface area contributed by atoms with Crippen molar-refractivity contribution in [1.82, 2.24) is 0 Å². The summed E-state index contributed by atoms with van der Waals surface area (Å²) in [4.78, 5) is 0. The molecule has 0 saturated heterocycles. The van der Waals surface area contributed by atoms with Crippen LogP contribution in [0.2, 0.25) is 11.6 Å². The molecule has 4 aromatic rings.